The Hall–Kier alpha value is -2.03. The van der Waals surface area contributed by atoms with E-state index in [-0.39, 0.29) is 0 Å². The number of anilines is 1. The van der Waals surface area contributed by atoms with Gasteiger partial charge >= 0.3 is 0 Å². The van der Waals surface area contributed by atoms with Gasteiger partial charge in [-0.05, 0) is 36.4 Å². The van der Waals surface area contributed by atoms with Gasteiger partial charge in [-0.15, -0.1) is 0 Å². The van der Waals surface area contributed by atoms with Gasteiger partial charge in [-0.25, -0.2) is 0 Å². The van der Waals surface area contributed by atoms with E-state index in [1.807, 2.05) is 30.3 Å². The predicted molar refractivity (Wildman–Crippen MR) is 71.8 cm³/mol. The van der Waals surface area contributed by atoms with E-state index >= 15 is 0 Å². The molecule has 0 radical (unpaired) electrons. The molecule has 1 aliphatic carbocycles. The summed E-state index contributed by atoms with van der Waals surface area (Å²) in [5.74, 6) is 0.784. The smallest absolute Gasteiger partial charge is 0.295 e. The van der Waals surface area contributed by atoms with Gasteiger partial charge in [0, 0.05) is 17.9 Å². The van der Waals surface area contributed by atoms with Crippen LogP contribution in [0.1, 0.15) is 6.42 Å². The van der Waals surface area contributed by atoms with E-state index < -0.39 is 0 Å². The van der Waals surface area contributed by atoms with Gasteiger partial charge in [-0.2, -0.15) is 4.79 Å². The number of nitrogens with zero attached hydrogens (tertiary/aromatic N) is 3. The lowest BCUT2D eigenvalue weighted by atomic mass is 10.1. The summed E-state index contributed by atoms with van der Waals surface area (Å²) in [6.45, 7) is 0. The molecule has 5 heteroatoms. The van der Waals surface area contributed by atoms with Gasteiger partial charge in [-0.3, -0.25) is 4.42 Å². The third-order valence-corrected chi connectivity index (χ3v) is 3.01. The number of rotatable bonds is 3. The van der Waals surface area contributed by atoms with E-state index in [2.05, 4.69) is 4.79 Å². The first-order valence-electron chi connectivity index (χ1n) is 5.43. The monoisotopic (exact) mass is 261 g/mol. The molecule has 92 valence electrons. The van der Waals surface area contributed by atoms with Crippen LogP contribution < -0.4 is 9.16 Å². The Labute approximate surface area is 110 Å². The van der Waals surface area contributed by atoms with Crippen LogP contribution in [0.25, 0.3) is 5.53 Å². The summed E-state index contributed by atoms with van der Waals surface area (Å²) in [6, 6.07) is 7.43. The molecule has 0 bridgehead atoms. The van der Waals surface area contributed by atoms with Crippen molar-refractivity contribution in [3.8, 4) is 5.75 Å². The molecule has 0 unspecified atom stereocenters. The molecule has 0 amide bonds. The topological polar surface area (TPSA) is 48.9 Å². The zero-order valence-electron chi connectivity index (χ0n) is 9.88. The Morgan fingerprint density at radius 2 is 2.00 bits per heavy atom. The fourth-order valence-electron chi connectivity index (χ4n) is 1.61. The highest BCUT2D eigenvalue weighted by atomic mass is 35.5. The number of ether oxygens (including phenoxy) is 1. The van der Waals surface area contributed by atoms with Gasteiger partial charge in [0.05, 0.1) is 24.9 Å². The highest BCUT2D eigenvalue weighted by Gasteiger charge is 2.13. The largest absolute Gasteiger partial charge is 0.497 e. The molecule has 2 rings (SSSR count). The van der Waals surface area contributed by atoms with Crippen LogP contribution in [0.3, 0.4) is 0 Å². The summed E-state index contributed by atoms with van der Waals surface area (Å²) in [7, 11) is 1.62. The lowest BCUT2D eigenvalue weighted by Gasteiger charge is -2.18. The van der Waals surface area contributed by atoms with E-state index in [9.17, 15) is 0 Å². The van der Waals surface area contributed by atoms with Crippen molar-refractivity contribution in [3.63, 3.8) is 0 Å². The van der Waals surface area contributed by atoms with Crippen molar-refractivity contribution >= 4 is 23.2 Å². The molecular formula is C13H12ClN3O. The van der Waals surface area contributed by atoms with Crippen molar-refractivity contribution in [2.75, 3.05) is 11.5 Å². The van der Waals surface area contributed by atoms with E-state index in [1.165, 1.54) is 0 Å². The normalized spacial score (nSPS) is 13.9. The molecule has 18 heavy (non-hydrogen) atoms. The minimum atomic E-state index is 0.557. The number of allylic oxidation sites excluding steroid dienone is 3. The van der Waals surface area contributed by atoms with E-state index in [4.69, 9.17) is 22.0 Å². The maximum Gasteiger partial charge on any atom is 0.295 e. The maximum atomic E-state index is 8.64. The summed E-state index contributed by atoms with van der Waals surface area (Å²) in [6.07, 6.45) is 5.98. The summed E-state index contributed by atoms with van der Waals surface area (Å²) in [5.41, 5.74) is 10.9. The van der Waals surface area contributed by atoms with Crippen LogP contribution in [0.4, 0.5) is 5.69 Å². The average molecular weight is 262 g/mol. The predicted octanol–water partition coefficient (Wildman–Crippen LogP) is 3.17. The molecule has 0 spiro atoms. The molecule has 0 heterocycles. The number of hydrogen-bond acceptors (Lipinski definition) is 2. The molecule has 0 saturated heterocycles. The van der Waals surface area contributed by atoms with Crippen LogP contribution in [-0.4, -0.2) is 17.6 Å². The van der Waals surface area contributed by atoms with Gasteiger partial charge in [-0.1, -0.05) is 0 Å². The van der Waals surface area contributed by atoms with Crippen molar-refractivity contribution in [1.29, 1.82) is 0 Å². The second kappa shape index (κ2) is 5.54. The average Bonchev–Trinajstić information content (AvgIpc) is 2.47. The molecule has 1 aromatic rings. The second-order valence-electron chi connectivity index (χ2n) is 3.74. The minimum Gasteiger partial charge on any atom is -0.497 e. The first kappa shape index (κ1) is 12.4. The Morgan fingerprint density at radius 1 is 1.28 bits per heavy atom. The van der Waals surface area contributed by atoms with Gasteiger partial charge in [0.15, 0.2) is 0 Å². The Balaban J connectivity index is 2.16. The number of halogens is 1. The molecular weight excluding hydrogens is 250 g/mol. The van der Waals surface area contributed by atoms with E-state index in [0.29, 0.717) is 12.1 Å². The molecule has 0 fully saturated rings. The van der Waals surface area contributed by atoms with Gasteiger partial charge in [0.2, 0.25) is 0 Å². The maximum absolute atomic E-state index is 8.64. The van der Waals surface area contributed by atoms with Crippen molar-refractivity contribution in [2.45, 2.75) is 6.42 Å². The highest BCUT2D eigenvalue weighted by molar-refractivity contribution is 6.27. The van der Waals surface area contributed by atoms with Gasteiger partial charge in [0.25, 0.3) is 5.71 Å². The SMILES string of the molecule is COc1ccc(N(Cl)C2=CCC(=[N+]=[N-])C=C2)cc1. The third-order valence-electron chi connectivity index (χ3n) is 2.62. The van der Waals surface area contributed by atoms with Crippen LogP contribution in [0.2, 0.25) is 0 Å². The van der Waals surface area contributed by atoms with Crippen LogP contribution in [0, 0.1) is 0 Å². The summed E-state index contributed by atoms with van der Waals surface area (Å²) in [5, 5.41) is 0. The zero-order chi connectivity index (χ0) is 13.0. The molecule has 4 nitrogen and oxygen atoms in total. The van der Waals surface area contributed by atoms with Crippen molar-refractivity contribution < 1.29 is 9.53 Å². The van der Waals surface area contributed by atoms with Crippen LogP contribution in [-0.2, 0) is 0 Å². The number of methoxy groups -OCH3 is 1. The summed E-state index contributed by atoms with van der Waals surface area (Å²) >= 11 is 6.24. The summed E-state index contributed by atoms with van der Waals surface area (Å²) in [4.78, 5) is 3.14. The Morgan fingerprint density at radius 3 is 2.50 bits per heavy atom. The van der Waals surface area contributed by atoms with E-state index in [1.54, 1.807) is 23.7 Å². The van der Waals surface area contributed by atoms with Gasteiger partial charge in [0.1, 0.15) is 5.75 Å². The van der Waals surface area contributed by atoms with Crippen LogP contribution >= 0.6 is 11.8 Å². The molecule has 0 atom stereocenters. The first-order chi connectivity index (χ1) is 8.74. The number of hydrogen-bond donors (Lipinski definition) is 0. The molecule has 0 aromatic heterocycles. The van der Waals surface area contributed by atoms with Gasteiger partial charge < -0.3 is 10.3 Å². The second-order valence-corrected chi connectivity index (χ2v) is 4.07. The summed E-state index contributed by atoms with van der Waals surface area (Å²) < 4.78 is 6.64. The molecule has 1 aliphatic rings. The lowest BCUT2D eigenvalue weighted by molar-refractivity contribution is -0.00540. The minimum absolute atomic E-state index is 0.557. The lowest BCUT2D eigenvalue weighted by Crippen LogP contribution is -2.11. The Bertz CT molecular complexity index is 542. The van der Waals surface area contributed by atoms with Crippen LogP contribution in [0.15, 0.2) is 48.2 Å². The Kier molecular flexibility index (Phi) is 3.82. The third kappa shape index (κ3) is 2.62. The quantitative estimate of drug-likeness (QED) is 0.477. The molecule has 0 N–H and O–H groups in total. The first-order valence-corrected chi connectivity index (χ1v) is 5.77. The fourth-order valence-corrected chi connectivity index (χ4v) is 1.85. The fraction of sp³-hybridized carbons (Fsp3) is 0.154. The molecule has 0 saturated carbocycles. The van der Waals surface area contributed by atoms with Crippen LogP contribution in [0.5, 0.6) is 5.75 Å². The number of benzene rings is 1. The highest BCUT2D eigenvalue weighted by Crippen LogP contribution is 2.26. The zero-order valence-corrected chi connectivity index (χ0v) is 10.6. The van der Waals surface area contributed by atoms with Crippen molar-refractivity contribution in [2.24, 2.45) is 0 Å². The van der Waals surface area contributed by atoms with Crippen molar-refractivity contribution in [3.05, 3.63) is 53.7 Å². The molecule has 0 aliphatic heterocycles. The standard InChI is InChI=1S/C13H12ClN3O/c1-18-13-8-6-12(7-9-13)17(14)11-4-2-10(16-15)3-5-11/h2,4-9H,3H2,1H3. The van der Waals surface area contributed by atoms with E-state index in [0.717, 1.165) is 17.1 Å². The molecule has 1 aromatic carbocycles. The van der Waals surface area contributed by atoms with Crippen molar-refractivity contribution in [1.82, 2.24) is 0 Å².